The maximum Gasteiger partial charge on any atom is 0.325 e. The van der Waals surface area contributed by atoms with Crippen molar-refractivity contribution in [1.82, 2.24) is 13.9 Å². The van der Waals surface area contributed by atoms with Crippen molar-refractivity contribution in [3.8, 4) is 0 Å². The molecule has 1 saturated heterocycles. The fraction of sp³-hybridized carbons (Fsp3) is 0.636. The Balaban J connectivity index is 2.48. The van der Waals surface area contributed by atoms with Gasteiger partial charge < -0.3 is 9.67 Å². The molecule has 19 heavy (non-hydrogen) atoms. The zero-order valence-electron chi connectivity index (χ0n) is 10.9. The van der Waals surface area contributed by atoms with Gasteiger partial charge in [-0.25, -0.2) is 13.4 Å². The van der Waals surface area contributed by atoms with Crippen molar-refractivity contribution in [3.63, 3.8) is 0 Å². The highest BCUT2D eigenvalue weighted by Crippen LogP contribution is 2.36. The number of carbonyl (C=O) groups is 1. The molecule has 0 saturated carbocycles. The molecule has 1 atom stereocenters. The highest BCUT2D eigenvalue weighted by Gasteiger charge is 2.52. The lowest BCUT2D eigenvalue weighted by molar-refractivity contribution is -0.147. The van der Waals surface area contributed by atoms with Crippen LogP contribution in [0.2, 0.25) is 0 Å². The van der Waals surface area contributed by atoms with Crippen LogP contribution in [0.4, 0.5) is 0 Å². The number of carboxylic acids is 1. The number of aryl methyl sites for hydroxylation is 1. The summed E-state index contributed by atoms with van der Waals surface area (Å²) >= 11 is 0. The predicted molar refractivity (Wildman–Crippen MR) is 67.0 cm³/mol. The first-order valence-corrected chi connectivity index (χ1v) is 7.53. The minimum atomic E-state index is -3.86. The van der Waals surface area contributed by atoms with Gasteiger partial charge in [0.25, 0.3) is 10.0 Å². The van der Waals surface area contributed by atoms with Gasteiger partial charge in [0, 0.05) is 19.8 Å². The van der Waals surface area contributed by atoms with E-state index in [0.717, 1.165) is 4.31 Å². The molecule has 8 heteroatoms. The van der Waals surface area contributed by atoms with Gasteiger partial charge in [0.15, 0.2) is 5.03 Å². The van der Waals surface area contributed by atoms with E-state index in [2.05, 4.69) is 4.98 Å². The molecule has 2 rings (SSSR count). The summed E-state index contributed by atoms with van der Waals surface area (Å²) in [7, 11) is -2.20. The average molecular weight is 287 g/mol. The molecule has 1 aliphatic heterocycles. The van der Waals surface area contributed by atoms with Crippen LogP contribution in [0.15, 0.2) is 17.6 Å². The molecule has 1 N–H and O–H groups in total. The van der Waals surface area contributed by atoms with Gasteiger partial charge in [0.1, 0.15) is 5.54 Å². The number of sulfonamides is 1. The number of aliphatic carboxylic acids is 1. The van der Waals surface area contributed by atoms with Crippen LogP contribution >= 0.6 is 0 Å². The molecule has 106 valence electrons. The van der Waals surface area contributed by atoms with Crippen molar-refractivity contribution in [2.24, 2.45) is 7.05 Å². The first-order valence-electron chi connectivity index (χ1n) is 6.09. The smallest absolute Gasteiger partial charge is 0.325 e. The lowest BCUT2D eigenvalue weighted by Crippen LogP contribution is -2.52. The molecule has 1 unspecified atom stereocenters. The molecule has 0 radical (unpaired) electrons. The van der Waals surface area contributed by atoms with Crippen LogP contribution in [0.1, 0.15) is 26.2 Å². The normalized spacial score (nSPS) is 24.7. The van der Waals surface area contributed by atoms with Crippen molar-refractivity contribution in [2.75, 3.05) is 6.54 Å². The Hall–Kier alpha value is -1.41. The topological polar surface area (TPSA) is 92.5 Å². The Bertz CT molecular complexity index is 595. The van der Waals surface area contributed by atoms with E-state index in [1.807, 2.05) is 0 Å². The summed E-state index contributed by atoms with van der Waals surface area (Å²) in [6, 6.07) is 0. The van der Waals surface area contributed by atoms with Gasteiger partial charge in [0.2, 0.25) is 0 Å². The highest BCUT2D eigenvalue weighted by atomic mass is 32.2. The SMILES string of the molecule is CCC1(C(=O)O)CCCN1S(=O)(=O)c1cn(C)cn1. The van der Waals surface area contributed by atoms with E-state index in [1.54, 1.807) is 14.0 Å². The fourth-order valence-corrected chi connectivity index (χ4v) is 4.39. The van der Waals surface area contributed by atoms with Crippen LogP contribution in [0.3, 0.4) is 0 Å². The molecule has 1 aromatic heterocycles. The maximum atomic E-state index is 12.5. The van der Waals surface area contributed by atoms with Crippen molar-refractivity contribution in [1.29, 1.82) is 0 Å². The quantitative estimate of drug-likeness (QED) is 0.867. The van der Waals surface area contributed by atoms with Crippen LogP contribution in [0.5, 0.6) is 0 Å². The van der Waals surface area contributed by atoms with E-state index in [1.165, 1.54) is 17.1 Å². The Kier molecular flexibility index (Phi) is 3.40. The molecule has 7 nitrogen and oxygen atoms in total. The predicted octanol–water partition coefficient (Wildman–Crippen LogP) is 0.438. The van der Waals surface area contributed by atoms with Gasteiger partial charge in [0.05, 0.1) is 6.33 Å². The summed E-state index contributed by atoms with van der Waals surface area (Å²) in [5.41, 5.74) is -1.34. The number of hydrogen-bond acceptors (Lipinski definition) is 4. The van der Waals surface area contributed by atoms with Gasteiger partial charge in [-0.05, 0) is 19.3 Å². The molecular formula is C11H17N3O4S. The van der Waals surface area contributed by atoms with Gasteiger partial charge in [-0.15, -0.1) is 0 Å². The van der Waals surface area contributed by atoms with Gasteiger partial charge in [-0.1, -0.05) is 6.92 Å². The minimum absolute atomic E-state index is 0.101. The van der Waals surface area contributed by atoms with E-state index in [-0.39, 0.29) is 18.0 Å². The van der Waals surface area contributed by atoms with Gasteiger partial charge in [-0.2, -0.15) is 4.31 Å². The minimum Gasteiger partial charge on any atom is -0.480 e. The Labute approximate surface area is 111 Å². The second-order valence-corrected chi connectivity index (χ2v) is 6.56. The van der Waals surface area contributed by atoms with Crippen molar-refractivity contribution < 1.29 is 18.3 Å². The molecule has 0 bridgehead atoms. The molecule has 1 fully saturated rings. The number of carboxylic acid groups (broad SMARTS) is 1. The van der Waals surface area contributed by atoms with Gasteiger partial charge >= 0.3 is 5.97 Å². The van der Waals surface area contributed by atoms with Crippen molar-refractivity contribution in [2.45, 2.75) is 36.8 Å². The summed E-state index contributed by atoms with van der Waals surface area (Å²) in [6.45, 7) is 1.92. The number of hydrogen-bond donors (Lipinski definition) is 1. The van der Waals surface area contributed by atoms with E-state index < -0.39 is 21.5 Å². The fourth-order valence-electron chi connectivity index (χ4n) is 2.56. The van der Waals surface area contributed by atoms with Crippen LogP contribution < -0.4 is 0 Å². The average Bonchev–Trinajstić information content (AvgIpc) is 2.95. The molecule has 2 heterocycles. The summed E-state index contributed by atoms with van der Waals surface area (Å²) in [5.74, 6) is -1.09. The third-order valence-electron chi connectivity index (χ3n) is 3.65. The summed E-state index contributed by atoms with van der Waals surface area (Å²) in [6.07, 6.45) is 3.90. The zero-order valence-corrected chi connectivity index (χ0v) is 11.7. The Morgan fingerprint density at radius 2 is 2.26 bits per heavy atom. The zero-order chi connectivity index (χ0) is 14.3. The van der Waals surface area contributed by atoms with Crippen LogP contribution in [-0.4, -0.2) is 45.4 Å². The Morgan fingerprint density at radius 3 is 2.74 bits per heavy atom. The van der Waals surface area contributed by atoms with E-state index in [0.29, 0.717) is 12.8 Å². The molecular weight excluding hydrogens is 270 g/mol. The number of aromatic nitrogens is 2. The number of imidazole rings is 1. The molecule has 0 aliphatic carbocycles. The highest BCUT2D eigenvalue weighted by molar-refractivity contribution is 7.89. The van der Waals surface area contributed by atoms with Crippen LogP contribution in [0.25, 0.3) is 0 Å². The summed E-state index contributed by atoms with van der Waals surface area (Å²) in [5, 5.41) is 9.32. The van der Waals surface area contributed by atoms with Crippen molar-refractivity contribution >= 4 is 16.0 Å². The molecule has 0 amide bonds. The van der Waals surface area contributed by atoms with E-state index in [9.17, 15) is 18.3 Å². The Morgan fingerprint density at radius 1 is 1.58 bits per heavy atom. The largest absolute Gasteiger partial charge is 0.480 e. The molecule has 1 aliphatic rings. The molecule has 1 aromatic rings. The summed E-state index contributed by atoms with van der Waals surface area (Å²) in [4.78, 5) is 15.3. The monoisotopic (exact) mass is 287 g/mol. The van der Waals surface area contributed by atoms with E-state index in [4.69, 9.17) is 0 Å². The lowest BCUT2D eigenvalue weighted by atomic mass is 9.95. The first-order chi connectivity index (χ1) is 8.84. The van der Waals surface area contributed by atoms with Gasteiger partial charge in [-0.3, -0.25) is 4.79 Å². The lowest BCUT2D eigenvalue weighted by Gasteiger charge is -2.32. The second-order valence-electron chi connectivity index (χ2n) is 4.75. The summed E-state index contributed by atoms with van der Waals surface area (Å²) < 4.78 is 27.6. The second kappa shape index (κ2) is 4.61. The molecule has 0 spiro atoms. The third-order valence-corrected chi connectivity index (χ3v) is 5.50. The van der Waals surface area contributed by atoms with E-state index >= 15 is 0 Å². The first kappa shape index (κ1) is 14.0. The number of nitrogens with zero attached hydrogens (tertiary/aromatic N) is 3. The maximum absolute atomic E-state index is 12.5. The van der Waals surface area contributed by atoms with Crippen LogP contribution in [0, 0.1) is 0 Å². The number of rotatable bonds is 4. The van der Waals surface area contributed by atoms with Crippen LogP contribution in [-0.2, 0) is 21.9 Å². The standard InChI is InChI=1S/C11H17N3O4S/c1-3-11(10(15)16)5-4-6-14(11)19(17,18)9-7-13(2)8-12-9/h7-8H,3-6H2,1-2H3,(H,15,16). The van der Waals surface area contributed by atoms with Crippen molar-refractivity contribution in [3.05, 3.63) is 12.5 Å². The molecule has 0 aromatic carbocycles. The third kappa shape index (κ3) is 2.04.